The zero-order valence-electron chi connectivity index (χ0n) is 17.8. The topological polar surface area (TPSA) is 70.9 Å². The van der Waals surface area contributed by atoms with Crippen LogP contribution in [0.4, 0.5) is 5.82 Å². The molecule has 2 aliphatic heterocycles. The van der Waals surface area contributed by atoms with Crippen molar-refractivity contribution >= 4 is 19.8 Å². The fourth-order valence-corrected chi connectivity index (χ4v) is 4.67. The molecular weight excluding hydrogens is 357 g/mol. The van der Waals surface area contributed by atoms with E-state index >= 15 is 0 Å². The lowest BCUT2D eigenvalue weighted by atomic mass is 9.96. The lowest BCUT2D eigenvalue weighted by Crippen LogP contribution is -2.59. The van der Waals surface area contributed by atoms with Gasteiger partial charge in [-0.25, -0.2) is 9.78 Å². The number of ether oxygens (including phenoxy) is 1. The highest BCUT2D eigenvalue weighted by Gasteiger charge is 2.34. The van der Waals surface area contributed by atoms with E-state index in [1.54, 1.807) is 11.6 Å². The minimum absolute atomic E-state index is 0.150. The van der Waals surface area contributed by atoms with E-state index in [-0.39, 0.29) is 5.69 Å². The highest BCUT2D eigenvalue weighted by atomic mass is 16.5. The smallest absolute Gasteiger partial charge is 0.362 e. The van der Waals surface area contributed by atoms with Crippen molar-refractivity contribution in [3.05, 3.63) is 21.7 Å². The zero-order chi connectivity index (χ0) is 20.4. The van der Waals surface area contributed by atoms with Crippen molar-refractivity contribution in [1.29, 1.82) is 0 Å². The first-order chi connectivity index (χ1) is 13.4. The van der Waals surface area contributed by atoms with Gasteiger partial charge in [0.1, 0.15) is 5.82 Å². The first kappa shape index (κ1) is 20.9. The molecule has 0 spiro atoms. The minimum Gasteiger partial charge on any atom is -0.464 e. The summed E-state index contributed by atoms with van der Waals surface area (Å²) >= 11 is 0. The van der Waals surface area contributed by atoms with E-state index < -0.39 is 11.5 Å². The maximum atomic E-state index is 12.6. The van der Waals surface area contributed by atoms with E-state index in [1.807, 2.05) is 6.92 Å². The fraction of sp³-hybridized carbons (Fsp3) is 0.737. The Bertz CT molecular complexity index is 776. The molecule has 0 radical (unpaired) electrons. The summed E-state index contributed by atoms with van der Waals surface area (Å²) in [4.78, 5) is 36.1. The molecule has 2 aliphatic rings. The van der Waals surface area contributed by atoms with Gasteiger partial charge in [-0.1, -0.05) is 6.92 Å². The van der Waals surface area contributed by atoms with E-state index in [9.17, 15) is 9.59 Å². The number of hydrogen-bond donors (Lipinski definition) is 0. The van der Waals surface area contributed by atoms with Crippen LogP contribution in [0.2, 0.25) is 0 Å². The molecule has 9 heteroatoms. The van der Waals surface area contributed by atoms with Crippen LogP contribution >= 0.6 is 0 Å². The Labute approximate surface area is 167 Å². The molecule has 154 valence electrons. The highest BCUT2D eigenvalue weighted by molar-refractivity contribution is 6.04. The number of rotatable bonds is 4. The van der Waals surface area contributed by atoms with Gasteiger partial charge in [-0.15, -0.1) is 0 Å². The summed E-state index contributed by atoms with van der Waals surface area (Å²) in [5.74, 6) is 0.118. The number of anilines is 1. The molecule has 3 heterocycles. The van der Waals surface area contributed by atoms with E-state index in [4.69, 9.17) is 4.74 Å². The summed E-state index contributed by atoms with van der Waals surface area (Å²) in [6, 6.07) is 1.10. The van der Waals surface area contributed by atoms with Crippen molar-refractivity contribution in [3.63, 3.8) is 0 Å². The highest BCUT2D eigenvalue weighted by Crippen LogP contribution is 2.26. The Morgan fingerprint density at radius 1 is 1.25 bits per heavy atom. The quantitative estimate of drug-likeness (QED) is 0.521. The molecule has 0 N–H and O–H groups in total. The largest absolute Gasteiger partial charge is 0.464 e. The number of esters is 1. The van der Waals surface area contributed by atoms with Crippen molar-refractivity contribution < 1.29 is 9.53 Å². The second-order valence-corrected chi connectivity index (χ2v) is 8.01. The fourth-order valence-electron chi connectivity index (χ4n) is 4.67. The number of methoxy groups -OCH3 is 1. The second kappa shape index (κ2) is 8.65. The van der Waals surface area contributed by atoms with Gasteiger partial charge >= 0.3 is 5.97 Å². The summed E-state index contributed by atoms with van der Waals surface area (Å²) in [5, 5.41) is 0. The average molecular weight is 389 g/mol. The average Bonchev–Trinajstić information content (AvgIpc) is 2.70. The molecule has 0 amide bonds. The first-order valence-electron chi connectivity index (χ1n) is 10.2. The number of hydrogen-bond acceptors (Lipinski definition) is 7. The van der Waals surface area contributed by atoms with Gasteiger partial charge in [0.05, 0.1) is 12.8 Å². The van der Waals surface area contributed by atoms with Gasteiger partial charge in [-0.3, -0.25) is 14.3 Å². The van der Waals surface area contributed by atoms with E-state index in [0.29, 0.717) is 17.8 Å². The predicted octanol–water partition coefficient (Wildman–Crippen LogP) is -0.212. The molecule has 28 heavy (non-hydrogen) atoms. The molecule has 1 aromatic heterocycles. The number of aryl methyl sites for hydroxylation is 1. The molecule has 0 aliphatic carbocycles. The molecule has 3 rings (SSSR count). The van der Waals surface area contributed by atoms with Gasteiger partial charge in [0, 0.05) is 38.8 Å². The summed E-state index contributed by atoms with van der Waals surface area (Å²) in [7, 11) is 5.17. The SMILES string of the molecule is BN1CCC(N2CCN(c3c(C)nc(C(=O)OC)c(=O)n3C)C[C@@H]2CC)CC1. The normalized spacial score (nSPS) is 22.4. The van der Waals surface area contributed by atoms with Gasteiger partial charge < -0.3 is 14.4 Å². The summed E-state index contributed by atoms with van der Waals surface area (Å²) in [6.45, 7) is 9.12. The molecule has 2 saturated heterocycles. The van der Waals surface area contributed by atoms with Crippen molar-refractivity contribution in [2.24, 2.45) is 7.05 Å². The van der Waals surface area contributed by atoms with Crippen LogP contribution in [0.1, 0.15) is 42.4 Å². The summed E-state index contributed by atoms with van der Waals surface area (Å²) in [6.07, 6.45) is 3.52. The van der Waals surface area contributed by atoms with Crippen LogP contribution in [0.25, 0.3) is 0 Å². The van der Waals surface area contributed by atoms with Gasteiger partial charge in [-0.05, 0) is 39.3 Å². The Morgan fingerprint density at radius 3 is 2.54 bits per heavy atom. The van der Waals surface area contributed by atoms with Crippen molar-refractivity contribution in [3.8, 4) is 0 Å². The Kier molecular flexibility index (Phi) is 6.45. The van der Waals surface area contributed by atoms with Crippen molar-refractivity contribution in [2.75, 3.05) is 44.7 Å². The Morgan fingerprint density at radius 2 is 1.93 bits per heavy atom. The molecule has 2 fully saturated rings. The maximum absolute atomic E-state index is 12.6. The van der Waals surface area contributed by atoms with Crippen LogP contribution in [0.15, 0.2) is 4.79 Å². The van der Waals surface area contributed by atoms with Gasteiger partial charge in [0.15, 0.2) is 7.98 Å². The molecule has 1 aromatic rings. The van der Waals surface area contributed by atoms with Gasteiger partial charge in [0.25, 0.3) is 5.56 Å². The molecule has 0 aromatic carbocycles. The third-order valence-corrected chi connectivity index (χ3v) is 6.26. The number of carbonyl (C=O) groups excluding carboxylic acids is 1. The number of piperazine rings is 1. The van der Waals surface area contributed by atoms with Crippen LogP contribution in [-0.4, -0.2) is 85.1 Å². The van der Waals surface area contributed by atoms with Crippen LogP contribution < -0.4 is 10.5 Å². The third kappa shape index (κ3) is 3.96. The molecule has 1 atom stereocenters. The molecule has 8 nitrogen and oxygen atoms in total. The molecular formula is C19H32BN5O3. The minimum atomic E-state index is -0.686. The number of carbonyl (C=O) groups is 1. The maximum Gasteiger partial charge on any atom is 0.362 e. The Hall–Kier alpha value is -1.87. The number of nitrogens with zero attached hydrogens (tertiary/aromatic N) is 5. The molecule has 0 bridgehead atoms. The van der Waals surface area contributed by atoms with Gasteiger partial charge in [0.2, 0.25) is 5.69 Å². The predicted molar refractivity (Wildman–Crippen MR) is 112 cm³/mol. The van der Waals surface area contributed by atoms with Crippen molar-refractivity contribution in [1.82, 2.24) is 19.3 Å². The Balaban J connectivity index is 1.82. The van der Waals surface area contributed by atoms with Crippen LogP contribution in [0, 0.1) is 6.92 Å². The van der Waals surface area contributed by atoms with E-state index in [1.165, 1.54) is 20.0 Å². The van der Waals surface area contributed by atoms with E-state index in [2.05, 4.69) is 34.5 Å². The van der Waals surface area contributed by atoms with Gasteiger partial charge in [-0.2, -0.15) is 0 Å². The lowest BCUT2D eigenvalue weighted by Gasteiger charge is -2.48. The first-order valence-corrected chi connectivity index (χ1v) is 10.2. The lowest BCUT2D eigenvalue weighted by molar-refractivity contribution is 0.0590. The standard InChI is InChI=1S/C19H32BN5O3/c1-5-14-12-23(10-11-25(14)15-6-8-24(20)9-7-15)17-13(2)21-16(19(27)28-4)18(26)22(17)3/h14-15H,5-12,20H2,1-4H3/t14-/m0/s1. The third-order valence-electron chi connectivity index (χ3n) is 6.26. The number of piperidine rings is 1. The monoisotopic (exact) mass is 389 g/mol. The van der Waals surface area contributed by atoms with Crippen molar-refractivity contribution in [2.45, 2.75) is 45.2 Å². The van der Waals surface area contributed by atoms with E-state index in [0.717, 1.165) is 45.0 Å². The second-order valence-electron chi connectivity index (χ2n) is 8.01. The summed E-state index contributed by atoms with van der Waals surface area (Å²) in [5.41, 5.74) is 0.131. The van der Waals surface area contributed by atoms with Crippen LogP contribution in [0.5, 0.6) is 0 Å². The zero-order valence-corrected chi connectivity index (χ0v) is 17.8. The summed E-state index contributed by atoms with van der Waals surface area (Å²) < 4.78 is 6.25. The molecule has 0 saturated carbocycles. The van der Waals surface area contributed by atoms with Crippen LogP contribution in [-0.2, 0) is 11.8 Å². The number of aromatic nitrogens is 2. The molecule has 0 unspecified atom stereocenters. The van der Waals surface area contributed by atoms with Crippen LogP contribution in [0.3, 0.4) is 0 Å².